The Balaban J connectivity index is -0.00000000500. The molecule has 4 heteroatoms. The van der Waals surface area contributed by atoms with Crippen molar-refractivity contribution in [1.29, 1.82) is 0 Å². The van der Waals surface area contributed by atoms with Crippen LogP contribution in [-0.2, 0) is 0 Å². The molecule has 0 bridgehead atoms. The molecule has 0 aromatic carbocycles. The van der Waals surface area contributed by atoms with E-state index in [4.69, 9.17) is 0 Å². The molecule has 0 rings (SSSR count). The van der Waals surface area contributed by atoms with Gasteiger partial charge in [-0.2, -0.15) is 0 Å². The Morgan fingerprint density at radius 1 is 1.25 bits per heavy atom. The SMILES string of the molecule is [Al].[In].[Se]=[Te]. The summed E-state index contributed by atoms with van der Waals surface area (Å²) in [5.41, 5.74) is 0. The Labute approximate surface area is 73.6 Å². The average molecular weight is 348 g/mol. The van der Waals surface area contributed by atoms with Crippen molar-refractivity contribution in [3.8, 4) is 0 Å². The molecule has 0 aromatic heterocycles. The molecule has 0 saturated carbocycles. The van der Waals surface area contributed by atoms with Gasteiger partial charge in [-0.05, 0) is 0 Å². The second-order valence-corrected chi connectivity index (χ2v) is 0. The molecular weight excluding hydrogens is 348 g/mol. The molecule has 0 unspecified atom stereocenters. The molecule has 0 amide bonds. The van der Waals surface area contributed by atoms with Gasteiger partial charge in [-0.25, -0.2) is 0 Å². The van der Waals surface area contributed by atoms with Gasteiger partial charge < -0.3 is 0 Å². The Morgan fingerprint density at radius 3 is 1.25 bits per heavy atom. The van der Waals surface area contributed by atoms with Gasteiger partial charge in [0.05, 0.1) is 0 Å². The first-order valence-electron chi connectivity index (χ1n) is 0.167. The molecule has 0 atom stereocenters. The van der Waals surface area contributed by atoms with Gasteiger partial charge in [0.1, 0.15) is 0 Å². The van der Waals surface area contributed by atoms with Crippen LogP contribution in [0.4, 0.5) is 0 Å². The molecule has 6 radical (unpaired) electrons. The third-order valence-electron chi connectivity index (χ3n) is 0. The van der Waals surface area contributed by atoms with E-state index >= 15 is 0 Å². The van der Waals surface area contributed by atoms with Crippen molar-refractivity contribution >= 4 is 74.9 Å². The molecule has 4 heavy (non-hydrogen) atoms. The normalized spacial score (nSPS) is 1.00. The Morgan fingerprint density at radius 2 is 1.25 bits per heavy atom. The Bertz CT molecular complexity index is 8.00. The van der Waals surface area contributed by atoms with E-state index in [9.17, 15) is 0 Å². The zero-order valence-corrected chi connectivity index (χ0v) is 10.5. The monoisotopic (exact) mass is 352 g/mol. The summed E-state index contributed by atoms with van der Waals surface area (Å²) in [5.74, 6) is 0. The number of rotatable bonds is 0. The summed E-state index contributed by atoms with van der Waals surface area (Å²) in [6.45, 7) is 0. The van der Waals surface area contributed by atoms with Gasteiger partial charge in [0, 0.05) is 43.2 Å². The maximum atomic E-state index is 2.64. The van der Waals surface area contributed by atoms with Crippen molar-refractivity contribution in [1.82, 2.24) is 0 Å². The van der Waals surface area contributed by atoms with Crippen LogP contribution in [0.25, 0.3) is 0 Å². The molecule has 0 saturated heterocycles. The van der Waals surface area contributed by atoms with Crippen LogP contribution < -0.4 is 0 Å². The van der Waals surface area contributed by atoms with Crippen LogP contribution in [0.3, 0.4) is 0 Å². The van der Waals surface area contributed by atoms with E-state index in [1.165, 1.54) is 0 Å². The van der Waals surface area contributed by atoms with Crippen LogP contribution in [0, 0.1) is 0 Å². The first kappa shape index (κ1) is 15.9. The first-order chi connectivity index (χ1) is 1.00. The molecule has 0 spiro atoms. The van der Waals surface area contributed by atoms with E-state index in [1.54, 1.807) is 0 Å². The summed E-state index contributed by atoms with van der Waals surface area (Å²) in [6, 6.07) is 0. The van der Waals surface area contributed by atoms with Crippen LogP contribution in [-0.4, -0.2) is 74.9 Å². The molecule has 18 valence electrons. The van der Waals surface area contributed by atoms with E-state index in [-0.39, 0.29) is 43.2 Å². The quantitative estimate of drug-likeness (QED) is 0.467. The Hall–Kier alpha value is 2.71. The van der Waals surface area contributed by atoms with Gasteiger partial charge in [0.15, 0.2) is 0 Å². The molecule has 0 aliphatic heterocycles. The van der Waals surface area contributed by atoms with E-state index in [0.717, 1.165) is 0 Å². The van der Waals surface area contributed by atoms with Crippen molar-refractivity contribution < 1.29 is 0 Å². The fourth-order valence-corrected chi connectivity index (χ4v) is 0. The topological polar surface area (TPSA) is 0 Å². The summed E-state index contributed by atoms with van der Waals surface area (Å²) in [5, 5.41) is 0. The summed E-state index contributed by atoms with van der Waals surface area (Å²) in [4.78, 5) is 0. The third kappa shape index (κ3) is 8.83. The van der Waals surface area contributed by atoms with Gasteiger partial charge in [-0.1, -0.05) is 0 Å². The van der Waals surface area contributed by atoms with Crippen molar-refractivity contribution in [2.75, 3.05) is 0 Å². The van der Waals surface area contributed by atoms with E-state index in [2.05, 4.69) is 12.3 Å². The average Bonchev–Trinajstić information content (AvgIpc) is 1.00. The summed E-state index contributed by atoms with van der Waals surface area (Å²) < 4.78 is 0. The van der Waals surface area contributed by atoms with Gasteiger partial charge in [0.25, 0.3) is 0 Å². The number of hydrogen-bond donors (Lipinski definition) is 0. The fourth-order valence-electron chi connectivity index (χ4n) is 0. The molecule has 0 aliphatic rings. The zero-order chi connectivity index (χ0) is 2.00. The second kappa shape index (κ2) is 17.2. The summed E-state index contributed by atoms with van der Waals surface area (Å²) >= 11 is 4.46. The molecule has 0 N–H and O–H groups in total. The van der Waals surface area contributed by atoms with Crippen molar-refractivity contribution in [2.45, 2.75) is 0 Å². The minimum absolute atomic E-state index is 0. The van der Waals surface area contributed by atoms with Crippen LogP contribution in [0.2, 0.25) is 0 Å². The van der Waals surface area contributed by atoms with Gasteiger partial charge in [-0.15, -0.1) is 0 Å². The minimum atomic E-state index is 0. The van der Waals surface area contributed by atoms with E-state index < -0.39 is 0 Å². The second-order valence-electron chi connectivity index (χ2n) is 0. The summed E-state index contributed by atoms with van der Waals surface area (Å²) in [6.07, 6.45) is 0. The van der Waals surface area contributed by atoms with Crippen molar-refractivity contribution in [3.63, 3.8) is 0 Å². The van der Waals surface area contributed by atoms with Gasteiger partial charge in [0.2, 0.25) is 0 Å². The van der Waals surface area contributed by atoms with Gasteiger partial charge in [-0.3, -0.25) is 0 Å². The molecule has 0 nitrogen and oxygen atoms in total. The summed E-state index contributed by atoms with van der Waals surface area (Å²) in [7, 11) is 0. The molecule has 0 aromatic rings. The van der Waals surface area contributed by atoms with Gasteiger partial charge >= 0.3 is 31.7 Å². The first-order valence-corrected chi connectivity index (χ1v) is 5.81. The van der Waals surface area contributed by atoms with Crippen molar-refractivity contribution in [3.05, 3.63) is 0 Å². The molecule has 0 aliphatic carbocycles. The predicted octanol–water partition coefficient (Wildman–Crippen LogP) is -1.52. The van der Waals surface area contributed by atoms with Crippen LogP contribution in [0.5, 0.6) is 0 Å². The molecule has 0 heterocycles. The molecule has 0 fully saturated rings. The van der Waals surface area contributed by atoms with E-state index in [0.29, 0.717) is 0 Å². The van der Waals surface area contributed by atoms with Crippen molar-refractivity contribution in [2.24, 2.45) is 0 Å². The van der Waals surface area contributed by atoms with Crippen LogP contribution >= 0.6 is 0 Å². The third-order valence-corrected chi connectivity index (χ3v) is 0. The van der Waals surface area contributed by atoms with Crippen LogP contribution in [0.1, 0.15) is 0 Å². The standard InChI is InChI=1S/Al.In.SeTe/c;;1-2. The predicted molar refractivity (Wildman–Crippen MR) is 23.0 cm³/mol. The molecular formula is AlInSeTe. The van der Waals surface area contributed by atoms with E-state index in [1.807, 2.05) is 19.5 Å². The fraction of sp³-hybridized carbons (Fsp3) is 0. The maximum absolute atomic E-state index is 2.64. The zero-order valence-electron chi connectivity index (χ0n) is 1.97. The number of hydrogen-bond acceptors (Lipinski definition) is 0. The van der Waals surface area contributed by atoms with Crippen LogP contribution in [0.15, 0.2) is 0 Å². The Kier molecular flexibility index (Phi) is 68.5.